The molecule has 0 saturated carbocycles. The average Bonchev–Trinajstić information content (AvgIpc) is 3.00. The molecule has 0 aromatic heterocycles. The molecule has 1 N–H and O–H groups in total. The summed E-state index contributed by atoms with van der Waals surface area (Å²) in [6.07, 6.45) is 5.30. The van der Waals surface area contributed by atoms with Crippen LogP contribution in [-0.2, 0) is 4.79 Å². The van der Waals surface area contributed by atoms with Crippen molar-refractivity contribution in [2.45, 2.75) is 25.8 Å². The fourth-order valence-electron chi connectivity index (χ4n) is 2.92. The predicted molar refractivity (Wildman–Crippen MR) is 82.6 cm³/mol. The lowest BCUT2D eigenvalue weighted by atomic mass is 9.94. The first-order valence-electron chi connectivity index (χ1n) is 7.66. The van der Waals surface area contributed by atoms with Crippen molar-refractivity contribution in [3.63, 3.8) is 0 Å². The summed E-state index contributed by atoms with van der Waals surface area (Å²) < 4.78 is 10.6. The molecule has 0 radical (unpaired) electrons. The number of nitrogens with zero attached hydrogens (tertiary/aromatic N) is 1. The fourth-order valence-corrected chi connectivity index (χ4v) is 2.92. The zero-order valence-corrected chi connectivity index (χ0v) is 12.7. The molecule has 3 rings (SSSR count). The second kappa shape index (κ2) is 6.40. The molecule has 1 aromatic carbocycles. The van der Waals surface area contributed by atoms with Gasteiger partial charge in [-0.05, 0) is 49.5 Å². The summed E-state index contributed by atoms with van der Waals surface area (Å²) in [7, 11) is 0. The number of fused-ring (bicyclic) bond motifs is 1. The van der Waals surface area contributed by atoms with E-state index in [1.165, 1.54) is 0 Å². The minimum absolute atomic E-state index is 0.0108. The van der Waals surface area contributed by atoms with Gasteiger partial charge in [0.05, 0.1) is 0 Å². The lowest BCUT2D eigenvalue weighted by molar-refractivity contribution is -0.130. The van der Waals surface area contributed by atoms with Crippen LogP contribution in [0.3, 0.4) is 0 Å². The average molecular weight is 303 g/mol. The highest BCUT2D eigenvalue weighted by atomic mass is 16.7. The zero-order valence-electron chi connectivity index (χ0n) is 12.7. The summed E-state index contributed by atoms with van der Waals surface area (Å²) in [5, 5.41) is 9.29. The topological polar surface area (TPSA) is 59.0 Å². The summed E-state index contributed by atoms with van der Waals surface area (Å²) in [5.74, 6) is 1.63. The van der Waals surface area contributed by atoms with Gasteiger partial charge in [0.15, 0.2) is 11.5 Å². The molecule has 0 spiro atoms. The molecular weight excluding hydrogens is 282 g/mol. The van der Waals surface area contributed by atoms with E-state index in [1.54, 1.807) is 12.2 Å². The molecule has 1 saturated heterocycles. The van der Waals surface area contributed by atoms with Crippen molar-refractivity contribution in [3.05, 3.63) is 29.8 Å². The Morgan fingerprint density at radius 3 is 3.00 bits per heavy atom. The van der Waals surface area contributed by atoms with E-state index >= 15 is 0 Å². The highest BCUT2D eigenvalue weighted by molar-refractivity contribution is 5.92. The Kier molecular flexibility index (Phi) is 4.34. The number of carbonyl (C=O) groups excluding carboxylic acids is 1. The van der Waals surface area contributed by atoms with Crippen LogP contribution >= 0.6 is 0 Å². The third-order valence-corrected chi connectivity index (χ3v) is 4.34. The standard InChI is InChI=1S/C17H21NO4/c1-12-2-3-14(10-19)9-18(12)17(20)7-5-13-4-6-15-16(8-13)22-11-21-15/h4-8,12,14,19H,2-3,9-11H2,1H3. The van der Waals surface area contributed by atoms with E-state index in [0.29, 0.717) is 12.3 Å². The number of aliphatic hydroxyl groups excluding tert-OH is 1. The molecule has 5 heteroatoms. The minimum atomic E-state index is -0.0108. The third-order valence-electron chi connectivity index (χ3n) is 4.34. The molecule has 5 nitrogen and oxygen atoms in total. The molecule has 1 amide bonds. The molecule has 0 bridgehead atoms. The molecule has 2 unspecified atom stereocenters. The fraction of sp³-hybridized carbons (Fsp3) is 0.471. The van der Waals surface area contributed by atoms with Gasteiger partial charge in [0, 0.05) is 25.3 Å². The summed E-state index contributed by atoms with van der Waals surface area (Å²) in [6, 6.07) is 5.82. The van der Waals surface area contributed by atoms with Gasteiger partial charge in [0.2, 0.25) is 12.7 Å². The van der Waals surface area contributed by atoms with Gasteiger partial charge in [0.25, 0.3) is 0 Å². The number of hydrogen-bond acceptors (Lipinski definition) is 4. The smallest absolute Gasteiger partial charge is 0.246 e. The molecule has 2 aliphatic heterocycles. The number of likely N-dealkylation sites (tertiary alicyclic amines) is 1. The van der Waals surface area contributed by atoms with E-state index in [-0.39, 0.29) is 31.3 Å². The Balaban J connectivity index is 1.67. The monoisotopic (exact) mass is 303 g/mol. The number of ether oxygens (including phenoxy) is 2. The molecule has 0 aliphatic carbocycles. The second-order valence-electron chi connectivity index (χ2n) is 5.91. The van der Waals surface area contributed by atoms with Gasteiger partial charge in [-0.15, -0.1) is 0 Å². The van der Waals surface area contributed by atoms with Crippen LogP contribution < -0.4 is 9.47 Å². The van der Waals surface area contributed by atoms with Gasteiger partial charge >= 0.3 is 0 Å². The van der Waals surface area contributed by atoms with E-state index in [4.69, 9.17) is 9.47 Å². The molecule has 2 aliphatic rings. The van der Waals surface area contributed by atoms with Gasteiger partial charge in [-0.3, -0.25) is 4.79 Å². The van der Waals surface area contributed by atoms with E-state index < -0.39 is 0 Å². The maximum Gasteiger partial charge on any atom is 0.246 e. The van der Waals surface area contributed by atoms with Gasteiger partial charge in [-0.1, -0.05) is 6.07 Å². The third kappa shape index (κ3) is 3.09. The van der Waals surface area contributed by atoms with E-state index in [0.717, 1.165) is 24.2 Å². The van der Waals surface area contributed by atoms with Gasteiger partial charge in [-0.2, -0.15) is 0 Å². The summed E-state index contributed by atoms with van der Waals surface area (Å²) in [6.45, 7) is 3.07. The first-order chi connectivity index (χ1) is 10.7. The Morgan fingerprint density at radius 1 is 1.36 bits per heavy atom. The Morgan fingerprint density at radius 2 is 2.18 bits per heavy atom. The van der Waals surface area contributed by atoms with Crippen LogP contribution in [0.5, 0.6) is 11.5 Å². The molecule has 2 atom stereocenters. The Bertz CT molecular complexity index is 584. The molecule has 1 aromatic rings. The van der Waals surface area contributed by atoms with E-state index in [9.17, 15) is 9.90 Å². The Labute approximate surface area is 130 Å². The number of rotatable bonds is 3. The van der Waals surface area contributed by atoms with Crippen LogP contribution in [0, 0.1) is 5.92 Å². The quantitative estimate of drug-likeness (QED) is 0.868. The largest absolute Gasteiger partial charge is 0.454 e. The van der Waals surface area contributed by atoms with Gasteiger partial charge < -0.3 is 19.5 Å². The van der Waals surface area contributed by atoms with Crippen LogP contribution in [-0.4, -0.2) is 41.9 Å². The molecule has 1 fully saturated rings. The van der Waals surface area contributed by atoms with Crippen molar-refractivity contribution >= 4 is 12.0 Å². The van der Waals surface area contributed by atoms with Crippen LogP contribution in [0.1, 0.15) is 25.3 Å². The van der Waals surface area contributed by atoms with Crippen molar-refractivity contribution in [3.8, 4) is 11.5 Å². The summed E-state index contributed by atoms with van der Waals surface area (Å²) in [4.78, 5) is 14.2. The van der Waals surface area contributed by atoms with Crippen LogP contribution in [0.4, 0.5) is 0 Å². The normalized spacial score (nSPS) is 24.0. The van der Waals surface area contributed by atoms with E-state index in [1.807, 2.05) is 23.1 Å². The van der Waals surface area contributed by atoms with Gasteiger partial charge in [0.1, 0.15) is 0 Å². The number of piperidine rings is 1. The lowest BCUT2D eigenvalue weighted by Gasteiger charge is -2.36. The highest BCUT2D eigenvalue weighted by Crippen LogP contribution is 2.32. The molecular formula is C17H21NO4. The van der Waals surface area contributed by atoms with Crippen LogP contribution in [0.15, 0.2) is 24.3 Å². The Hall–Kier alpha value is -2.01. The van der Waals surface area contributed by atoms with Gasteiger partial charge in [-0.25, -0.2) is 0 Å². The predicted octanol–water partition coefficient (Wildman–Crippen LogP) is 2.05. The maximum absolute atomic E-state index is 12.4. The van der Waals surface area contributed by atoms with Crippen molar-refractivity contribution < 1.29 is 19.4 Å². The summed E-state index contributed by atoms with van der Waals surface area (Å²) in [5.41, 5.74) is 0.904. The highest BCUT2D eigenvalue weighted by Gasteiger charge is 2.27. The SMILES string of the molecule is CC1CCC(CO)CN1C(=O)C=Cc1ccc2c(c1)OCO2. The van der Waals surface area contributed by atoms with E-state index in [2.05, 4.69) is 6.92 Å². The molecule has 118 valence electrons. The lowest BCUT2D eigenvalue weighted by Crippen LogP contribution is -2.45. The minimum Gasteiger partial charge on any atom is -0.454 e. The maximum atomic E-state index is 12.4. The second-order valence-corrected chi connectivity index (χ2v) is 5.91. The molecule has 22 heavy (non-hydrogen) atoms. The van der Waals surface area contributed by atoms with Crippen molar-refractivity contribution in [1.29, 1.82) is 0 Å². The van der Waals surface area contributed by atoms with Crippen molar-refractivity contribution in [1.82, 2.24) is 4.90 Å². The molecule has 2 heterocycles. The first kappa shape index (κ1) is 14.9. The van der Waals surface area contributed by atoms with Crippen LogP contribution in [0.2, 0.25) is 0 Å². The zero-order chi connectivity index (χ0) is 15.5. The summed E-state index contributed by atoms with van der Waals surface area (Å²) >= 11 is 0. The van der Waals surface area contributed by atoms with Crippen molar-refractivity contribution in [2.24, 2.45) is 5.92 Å². The van der Waals surface area contributed by atoms with Crippen LogP contribution in [0.25, 0.3) is 6.08 Å². The van der Waals surface area contributed by atoms with Crippen molar-refractivity contribution in [2.75, 3.05) is 19.9 Å². The number of aliphatic hydroxyl groups is 1. The number of benzene rings is 1. The number of carbonyl (C=O) groups is 1. The number of amides is 1. The number of hydrogen-bond donors (Lipinski definition) is 1. The first-order valence-corrected chi connectivity index (χ1v) is 7.66.